The number of hydrogen-bond donors (Lipinski definition) is 2. The lowest BCUT2D eigenvalue weighted by Crippen LogP contribution is -2.23. The monoisotopic (exact) mass is 328 g/mol. The summed E-state index contributed by atoms with van der Waals surface area (Å²) in [6, 6.07) is 9.41. The van der Waals surface area contributed by atoms with Gasteiger partial charge in [0.1, 0.15) is 5.75 Å². The average molecular weight is 328 g/mol. The number of rotatable bonds is 8. The lowest BCUT2D eigenvalue weighted by atomic mass is 10.2. The third-order valence-corrected chi connectivity index (χ3v) is 3.50. The molecule has 0 saturated heterocycles. The van der Waals surface area contributed by atoms with Gasteiger partial charge in [0.25, 0.3) is 5.91 Å². The summed E-state index contributed by atoms with van der Waals surface area (Å²) >= 11 is 0. The van der Waals surface area contributed by atoms with Gasteiger partial charge in [-0.3, -0.25) is 9.78 Å². The smallest absolute Gasteiger partial charge is 0.253 e. The maximum Gasteiger partial charge on any atom is 0.253 e. The number of benzene rings is 1. The van der Waals surface area contributed by atoms with Gasteiger partial charge in [0, 0.05) is 32.0 Å². The van der Waals surface area contributed by atoms with E-state index in [1.807, 2.05) is 44.4 Å². The van der Waals surface area contributed by atoms with Gasteiger partial charge in [0.05, 0.1) is 18.4 Å². The number of anilines is 1. The molecule has 1 aromatic heterocycles. The summed E-state index contributed by atoms with van der Waals surface area (Å²) in [6.45, 7) is 2.17. The molecule has 2 N–H and O–H groups in total. The number of ether oxygens (including phenoxy) is 1. The van der Waals surface area contributed by atoms with Gasteiger partial charge in [-0.25, -0.2) is 0 Å². The van der Waals surface area contributed by atoms with E-state index < -0.39 is 0 Å². The van der Waals surface area contributed by atoms with Crippen molar-refractivity contribution in [2.24, 2.45) is 0 Å². The van der Waals surface area contributed by atoms with Gasteiger partial charge < -0.3 is 20.3 Å². The highest BCUT2D eigenvalue weighted by molar-refractivity contribution is 5.94. The molecule has 0 spiro atoms. The predicted octanol–water partition coefficient (Wildman–Crippen LogP) is 1.99. The topological polar surface area (TPSA) is 66.5 Å². The molecule has 24 heavy (non-hydrogen) atoms. The Morgan fingerprint density at radius 2 is 1.96 bits per heavy atom. The highest BCUT2D eigenvalue weighted by atomic mass is 16.5. The first-order valence-electron chi connectivity index (χ1n) is 7.83. The number of carbonyl (C=O) groups is 1. The molecule has 0 aliphatic carbocycles. The minimum Gasteiger partial charge on any atom is -0.497 e. The van der Waals surface area contributed by atoms with Gasteiger partial charge in [-0.15, -0.1) is 0 Å². The number of nitrogens with one attached hydrogen (secondary N) is 2. The van der Waals surface area contributed by atoms with E-state index in [4.69, 9.17) is 4.74 Å². The normalized spacial score (nSPS) is 10.5. The molecule has 0 fully saturated rings. The van der Waals surface area contributed by atoms with Gasteiger partial charge >= 0.3 is 0 Å². The van der Waals surface area contributed by atoms with Crippen LogP contribution in [0.15, 0.2) is 42.7 Å². The Balaban J connectivity index is 1.89. The molecule has 2 aromatic rings. The number of nitrogens with zero attached hydrogens (tertiary/aromatic N) is 2. The van der Waals surface area contributed by atoms with Crippen LogP contribution in [0.25, 0.3) is 0 Å². The van der Waals surface area contributed by atoms with Gasteiger partial charge in [-0.1, -0.05) is 12.1 Å². The number of methoxy groups -OCH3 is 1. The predicted molar refractivity (Wildman–Crippen MR) is 95.4 cm³/mol. The lowest BCUT2D eigenvalue weighted by Gasteiger charge is -2.12. The highest BCUT2D eigenvalue weighted by Gasteiger charge is 2.07. The largest absolute Gasteiger partial charge is 0.497 e. The molecule has 0 atom stereocenters. The van der Waals surface area contributed by atoms with E-state index in [0.29, 0.717) is 12.1 Å². The Hall–Kier alpha value is -2.60. The molecule has 1 aromatic carbocycles. The Morgan fingerprint density at radius 1 is 1.21 bits per heavy atom. The Kier molecular flexibility index (Phi) is 6.57. The second-order valence-electron chi connectivity index (χ2n) is 5.72. The van der Waals surface area contributed by atoms with Crippen molar-refractivity contribution in [2.75, 3.05) is 39.6 Å². The van der Waals surface area contributed by atoms with Crippen LogP contribution in [0.5, 0.6) is 5.75 Å². The van der Waals surface area contributed by atoms with Crippen molar-refractivity contribution in [3.63, 3.8) is 0 Å². The maximum atomic E-state index is 12.3. The molecule has 0 saturated carbocycles. The van der Waals surface area contributed by atoms with E-state index in [1.54, 1.807) is 19.5 Å². The summed E-state index contributed by atoms with van der Waals surface area (Å²) in [5.41, 5.74) is 2.39. The molecule has 6 heteroatoms. The van der Waals surface area contributed by atoms with E-state index in [9.17, 15) is 4.79 Å². The van der Waals surface area contributed by atoms with E-state index in [-0.39, 0.29) is 5.91 Å². The van der Waals surface area contributed by atoms with Crippen LogP contribution in [-0.2, 0) is 6.54 Å². The summed E-state index contributed by atoms with van der Waals surface area (Å²) in [5, 5.41) is 6.16. The van der Waals surface area contributed by atoms with Crippen molar-refractivity contribution in [2.45, 2.75) is 6.54 Å². The molecule has 128 valence electrons. The molecule has 2 rings (SSSR count). The molecule has 1 heterocycles. The zero-order valence-corrected chi connectivity index (χ0v) is 14.4. The first-order chi connectivity index (χ1) is 11.6. The molecule has 0 aliphatic heterocycles. The van der Waals surface area contributed by atoms with Gasteiger partial charge in [0.15, 0.2) is 0 Å². The molecule has 0 aliphatic rings. The number of carbonyl (C=O) groups excluding carboxylic acids is 1. The molecule has 0 radical (unpaired) electrons. The summed E-state index contributed by atoms with van der Waals surface area (Å²) in [5.74, 6) is 0.653. The Morgan fingerprint density at radius 3 is 2.62 bits per heavy atom. The van der Waals surface area contributed by atoms with Crippen molar-refractivity contribution in [3.05, 3.63) is 53.9 Å². The van der Waals surface area contributed by atoms with E-state index in [1.165, 1.54) is 0 Å². The van der Waals surface area contributed by atoms with Crippen LogP contribution in [0.4, 0.5) is 5.69 Å². The lowest BCUT2D eigenvalue weighted by molar-refractivity contribution is 0.0950. The maximum absolute atomic E-state index is 12.3. The number of amides is 1. The first-order valence-corrected chi connectivity index (χ1v) is 7.83. The SMILES string of the molecule is COc1ccc(CNC(=O)c2cncc(NCCN(C)C)c2)cc1. The highest BCUT2D eigenvalue weighted by Crippen LogP contribution is 2.12. The van der Waals surface area contributed by atoms with Gasteiger partial charge in [-0.05, 0) is 37.9 Å². The van der Waals surface area contributed by atoms with Crippen LogP contribution in [0.2, 0.25) is 0 Å². The summed E-state index contributed by atoms with van der Waals surface area (Å²) in [6.07, 6.45) is 3.29. The van der Waals surface area contributed by atoms with Crippen LogP contribution < -0.4 is 15.4 Å². The molecular weight excluding hydrogens is 304 g/mol. The first kappa shape index (κ1) is 17.7. The van der Waals surface area contributed by atoms with Gasteiger partial charge in [0.2, 0.25) is 0 Å². The minimum atomic E-state index is -0.144. The van der Waals surface area contributed by atoms with Crippen molar-refractivity contribution >= 4 is 11.6 Å². The van der Waals surface area contributed by atoms with Crippen molar-refractivity contribution in [1.82, 2.24) is 15.2 Å². The molecule has 6 nitrogen and oxygen atoms in total. The fraction of sp³-hybridized carbons (Fsp3) is 0.333. The average Bonchev–Trinajstić information content (AvgIpc) is 2.60. The van der Waals surface area contributed by atoms with Crippen LogP contribution >= 0.6 is 0 Å². The Labute approximate surface area is 142 Å². The molecular formula is C18H24N4O2. The number of likely N-dealkylation sites (N-methyl/N-ethyl adjacent to an activating group) is 1. The summed E-state index contributed by atoms with van der Waals surface area (Å²) < 4.78 is 5.12. The second kappa shape index (κ2) is 8.88. The fourth-order valence-electron chi connectivity index (χ4n) is 2.11. The number of hydrogen-bond acceptors (Lipinski definition) is 5. The summed E-state index contributed by atoms with van der Waals surface area (Å²) in [7, 11) is 5.66. The van der Waals surface area contributed by atoms with Gasteiger partial charge in [-0.2, -0.15) is 0 Å². The zero-order chi connectivity index (χ0) is 17.4. The molecule has 0 unspecified atom stereocenters. The van der Waals surface area contributed by atoms with E-state index >= 15 is 0 Å². The molecule has 1 amide bonds. The van der Waals surface area contributed by atoms with Crippen molar-refractivity contribution in [3.8, 4) is 5.75 Å². The Bertz CT molecular complexity index is 656. The third kappa shape index (κ3) is 5.55. The molecule has 0 bridgehead atoms. The second-order valence-corrected chi connectivity index (χ2v) is 5.72. The standard InChI is InChI=1S/C18H24N4O2/c1-22(2)9-8-20-16-10-15(12-19-13-16)18(23)21-11-14-4-6-17(24-3)7-5-14/h4-7,10,12-13,20H,8-9,11H2,1-3H3,(H,21,23). The quantitative estimate of drug-likeness (QED) is 0.776. The van der Waals surface area contributed by atoms with Crippen LogP contribution in [0.3, 0.4) is 0 Å². The van der Waals surface area contributed by atoms with Crippen molar-refractivity contribution < 1.29 is 9.53 Å². The van der Waals surface area contributed by atoms with Crippen LogP contribution in [0, 0.1) is 0 Å². The van der Waals surface area contributed by atoms with Crippen LogP contribution in [0.1, 0.15) is 15.9 Å². The van der Waals surface area contributed by atoms with Crippen molar-refractivity contribution in [1.29, 1.82) is 0 Å². The third-order valence-electron chi connectivity index (χ3n) is 3.50. The summed E-state index contributed by atoms with van der Waals surface area (Å²) in [4.78, 5) is 18.5. The fourth-order valence-corrected chi connectivity index (χ4v) is 2.11. The zero-order valence-electron chi connectivity index (χ0n) is 14.4. The van der Waals surface area contributed by atoms with E-state index in [0.717, 1.165) is 30.1 Å². The number of aromatic nitrogens is 1. The van der Waals surface area contributed by atoms with E-state index in [2.05, 4.69) is 20.5 Å². The minimum absolute atomic E-state index is 0.144. The van der Waals surface area contributed by atoms with Crippen LogP contribution in [-0.4, -0.2) is 50.1 Å². The number of pyridine rings is 1.